The first-order valence-corrected chi connectivity index (χ1v) is 7.41. The van der Waals surface area contributed by atoms with Crippen LogP contribution >= 0.6 is 11.6 Å². The Labute approximate surface area is 128 Å². The fourth-order valence-electron chi connectivity index (χ4n) is 3.18. The highest BCUT2D eigenvalue weighted by atomic mass is 35.5. The van der Waals surface area contributed by atoms with Crippen molar-refractivity contribution in [3.8, 4) is 0 Å². The van der Waals surface area contributed by atoms with Crippen molar-refractivity contribution in [2.45, 2.75) is 24.4 Å². The van der Waals surface area contributed by atoms with Crippen LogP contribution in [0.3, 0.4) is 0 Å². The Morgan fingerprint density at radius 1 is 1.24 bits per heavy atom. The Morgan fingerprint density at radius 2 is 2.00 bits per heavy atom. The van der Waals surface area contributed by atoms with Crippen LogP contribution in [0.5, 0.6) is 0 Å². The maximum Gasteiger partial charge on any atom is 0.128 e. The number of rotatable bonds is 4. The molecular weight excluding hydrogens is 289 g/mol. The summed E-state index contributed by atoms with van der Waals surface area (Å²) in [6.45, 7) is 0.153. The zero-order valence-electron chi connectivity index (χ0n) is 11.5. The van der Waals surface area contributed by atoms with Gasteiger partial charge < -0.3 is 10.8 Å². The molecule has 3 atom stereocenters. The van der Waals surface area contributed by atoms with Crippen LogP contribution in [0.4, 0.5) is 4.39 Å². The van der Waals surface area contributed by atoms with Gasteiger partial charge in [-0.15, -0.1) is 0 Å². The monoisotopic (exact) mass is 305 g/mol. The van der Waals surface area contributed by atoms with E-state index in [1.54, 1.807) is 12.1 Å². The molecule has 21 heavy (non-hydrogen) atoms. The number of nitrogens with two attached hydrogens (primary N) is 1. The fraction of sp³-hybridized carbons (Fsp3) is 0.294. The van der Waals surface area contributed by atoms with Gasteiger partial charge in [-0.1, -0.05) is 41.9 Å². The third-order valence-corrected chi connectivity index (χ3v) is 4.67. The van der Waals surface area contributed by atoms with Crippen molar-refractivity contribution >= 4 is 11.6 Å². The van der Waals surface area contributed by atoms with E-state index in [1.165, 1.54) is 11.6 Å². The molecule has 0 aromatic heterocycles. The summed E-state index contributed by atoms with van der Waals surface area (Å²) in [6.07, 6.45) is 0.0548. The van der Waals surface area contributed by atoms with Crippen molar-refractivity contribution in [3.05, 3.63) is 70.0 Å². The number of benzene rings is 2. The van der Waals surface area contributed by atoms with E-state index < -0.39 is 17.8 Å². The van der Waals surface area contributed by atoms with E-state index >= 15 is 0 Å². The van der Waals surface area contributed by atoms with E-state index in [1.807, 2.05) is 24.3 Å². The predicted molar refractivity (Wildman–Crippen MR) is 82.1 cm³/mol. The van der Waals surface area contributed by atoms with Crippen molar-refractivity contribution in [1.82, 2.24) is 0 Å². The maximum atomic E-state index is 14.1. The molecule has 0 radical (unpaired) electrons. The van der Waals surface area contributed by atoms with Crippen LogP contribution in [-0.2, 0) is 6.42 Å². The molecule has 1 aliphatic carbocycles. The molecule has 0 aliphatic heterocycles. The van der Waals surface area contributed by atoms with E-state index in [4.69, 9.17) is 17.3 Å². The summed E-state index contributed by atoms with van der Waals surface area (Å²) in [5, 5.41) is 11.0. The van der Waals surface area contributed by atoms with Gasteiger partial charge in [-0.05, 0) is 29.7 Å². The second-order valence-corrected chi connectivity index (χ2v) is 5.88. The van der Waals surface area contributed by atoms with Gasteiger partial charge in [0.05, 0.1) is 6.10 Å². The molecule has 0 amide bonds. The second-order valence-electron chi connectivity index (χ2n) is 5.48. The van der Waals surface area contributed by atoms with Gasteiger partial charge in [0, 0.05) is 29.0 Å². The number of halogens is 2. The Kier molecular flexibility index (Phi) is 3.98. The SMILES string of the molecule is NCC(c1c(F)cccc1Cl)C(O)C1Cc2ccccc21. The molecule has 0 saturated heterocycles. The summed E-state index contributed by atoms with van der Waals surface area (Å²) in [6, 6.07) is 12.5. The van der Waals surface area contributed by atoms with Crippen molar-refractivity contribution in [3.63, 3.8) is 0 Å². The van der Waals surface area contributed by atoms with E-state index in [9.17, 15) is 9.50 Å². The molecule has 2 aromatic carbocycles. The van der Waals surface area contributed by atoms with Gasteiger partial charge in [0.15, 0.2) is 0 Å². The molecular formula is C17H17ClFNO. The maximum absolute atomic E-state index is 14.1. The Bertz CT molecular complexity index is 641. The van der Waals surface area contributed by atoms with E-state index in [2.05, 4.69) is 0 Å². The highest BCUT2D eigenvalue weighted by molar-refractivity contribution is 6.31. The minimum atomic E-state index is -0.737. The average molecular weight is 306 g/mol. The van der Waals surface area contributed by atoms with Gasteiger partial charge in [0.25, 0.3) is 0 Å². The summed E-state index contributed by atoms with van der Waals surface area (Å²) in [5.41, 5.74) is 8.47. The first-order valence-electron chi connectivity index (χ1n) is 7.03. The summed E-state index contributed by atoms with van der Waals surface area (Å²) < 4.78 is 14.1. The number of fused-ring (bicyclic) bond motifs is 1. The molecule has 0 spiro atoms. The number of aliphatic hydroxyl groups is 1. The van der Waals surface area contributed by atoms with Crippen LogP contribution in [0, 0.1) is 5.82 Å². The Balaban J connectivity index is 1.91. The summed E-state index contributed by atoms with van der Waals surface area (Å²) >= 11 is 6.11. The van der Waals surface area contributed by atoms with Crippen molar-refractivity contribution < 1.29 is 9.50 Å². The molecule has 0 heterocycles. The smallest absolute Gasteiger partial charge is 0.128 e. The molecule has 0 fully saturated rings. The van der Waals surface area contributed by atoms with Gasteiger partial charge in [-0.25, -0.2) is 4.39 Å². The summed E-state index contributed by atoms with van der Waals surface area (Å²) in [4.78, 5) is 0. The van der Waals surface area contributed by atoms with Crippen LogP contribution < -0.4 is 5.73 Å². The highest BCUT2D eigenvalue weighted by Crippen LogP contribution is 2.42. The number of aliphatic hydroxyl groups excluding tert-OH is 1. The minimum Gasteiger partial charge on any atom is -0.392 e. The van der Waals surface area contributed by atoms with Crippen molar-refractivity contribution in [2.75, 3.05) is 6.54 Å². The minimum absolute atomic E-state index is 0.00887. The quantitative estimate of drug-likeness (QED) is 0.911. The van der Waals surface area contributed by atoms with Gasteiger partial charge >= 0.3 is 0 Å². The molecule has 0 saturated carbocycles. The second kappa shape index (κ2) is 5.76. The van der Waals surface area contributed by atoms with E-state index in [-0.39, 0.29) is 12.5 Å². The highest BCUT2D eigenvalue weighted by Gasteiger charge is 2.37. The number of hydrogen-bond donors (Lipinski definition) is 2. The average Bonchev–Trinajstić information content (AvgIpc) is 2.44. The first kappa shape index (κ1) is 14.5. The molecule has 1 aliphatic rings. The summed E-state index contributed by atoms with van der Waals surface area (Å²) in [7, 11) is 0. The van der Waals surface area contributed by atoms with Crippen molar-refractivity contribution in [2.24, 2.45) is 5.73 Å². The Morgan fingerprint density at radius 3 is 2.67 bits per heavy atom. The Hall–Kier alpha value is -1.42. The molecule has 4 heteroatoms. The molecule has 2 nitrogen and oxygen atoms in total. The van der Waals surface area contributed by atoms with Crippen LogP contribution in [-0.4, -0.2) is 17.8 Å². The van der Waals surface area contributed by atoms with Crippen LogP contribution in [0.2, 0.25) is 5.02 Å². The number of hydrogen-bond acceptors (Lipinski definition) is 2. The fourth-order valence-corrected chi connectivity index (χ4v) is 3.48. The third kappa shape index (κ3) is 2.46. The lowest BCUT2D eigenvalue weighted by molar-refractivity contribution is 0.105. The molecule has 0 bridgehead atoms. The van der Waals surface area contributed by atoms with Gasteiger partial charge in [0.2, 0.25) is 0 Å². The third-order valence-electron chi connectivity index (χ3n) is 4.34. The lowest BCUT2D eigenvalue weighted by atomic mass is 9.70. The first-order chi connectivity index (χ1) is 10.1. The van der Waals surface area contributed by atoms with E-state index in [0.717, 1.165) is 12.0 Å². The van der Waals surface area contributed by atoms with Crippen LogP contribution in [0.1, 0.15) is 28.5 Å². The standard InChI is InChI=1S/C17H17ClFNO/c18-14-6-3-7-15(19)16(14)13(9-20)17(21)12-8-10-4-1-2-5-11(10)12/h1-7,12-13,17,21H,8-9,20H2. The van der Waals surface area contributed by atoms with Gasteiger partial charge in [-0.3, -0.25) is 0 Å². The van der Waals surface area contributed by atoms with Crippen LogP contribution in [0.25, 0.3) is 0 Å². The lowest BCUT2D eigenvalue weighted by Gasteiger charge is -2.37. The van der Waals surface area contributed by atoms with Gasteiger partial charge in [-0.2, -0.15) is 0 Å². The van der Waals surface area contributed by atoms with Crippen molar-refractivity contribution in [1.29, 1.82) is 0 Å². The molecule has 110 valence electrons. The molecule has 3 N–H and O–H groups in total. The zero-order valence-corrected chi connectivity index (χ0v) is 12.2. The zero-order chi connectivity index (χ0) is 15.0. The lowest BCUT2D eigenvalue weighted by Crippen LogP contribution is -2.37. The van der Waals surface area contributed by atoms with Gasteiger partial charge in [0.1, 0.15) is 5.82 Å². The largest absolute Gasteiger partial charge is 0.392 e. The normalized spacial score (nSPS) is 19.5. The molecule has 2 aromatic rings. The molecule has 3 rings (SSSR count). The summed E-state index contributed by atoms with van der Waals surface area (Å²) in [5.74, 6) is -0.924. The van der Waals surface area contributed by atoms with E-state index in [0.29, 0.717) is 10.6 Å². The van der Waals surface area contributed by atoms with Crippen LogP contribution in [0.15, 0.2) is 42.5 Å². The molecule has 3 unspecified atom stereocenters. The topological polar surface area (TPSA) is 46.2 Å². The predicted octanol–water partition coefficient (Wildman–Crippen LogP) is 3.22.